The van der Waals surface area contributed by atoms with Crippen molar-refractivity contribution in [1.29, 1.82) is 0 Å². The summed E-state index contributed by atoms with van der Waals surface area (Å²) in [5.41, 5.74) is 0. The van der Waals surface area contributed by atoms with Crippen molar-refractivity contribution in [3.05, 3.63) is 0 Å². The van der Waals surface area contributed by atoms with E-state index in [-0.39, 0.29) is 0 Å². The Morgan fingerprint density at radius 1 is 1.10 bits per heavy atom. The van der Waals surface area contributed by atoms with E-state index in [9.17, 15) is 0 Å². The lowest BCUT2D eigenvalue weighted by Gasteiger charge is -2.19. The molecule has 0 aromatic heterocycles. The van der Waals surface area contributed by atoms with Gasteiger partial charge in [-0.2, -0.15) is 0 Å². The van der Waals surface area contributed by atoms with E-state index in [2.05, 4.69) is 51.8 Å². The first-order valence-electron chi connectivity index (χ1n) is 3.80. The molecule has 62 valence electrons. The van der Waals surface area contributed by atoms with Crippen molar-refractivity contribution in [3.63, 3.8) is 0 Å². The lowest BCUT2D eigenvalue weighted by atomic mass is 10.5. The summed E-state index contributed by atoms with van der Waals surface area (Å²) in [5, 5.41) is 0. The molecule has 0 spiro atoms. The fraction of sp³-hybridized carbons (Fsp3) is 1.00. The third-order valence-corrected chi connectivity index (χ3v) is 2.10. The van der Waals surface area contributed by atoms with Crippen LogP contribution in [-0.4, -0.2) is 41.2 Å². The van der Waals surface area contributed by atoms with Gasteiger partial charge in [-0.15, -0.1) is 0 Å². The molecular weight excluding hydrogens is 239 g/mol. The number of halogens is 1. The molecule has 0 rings (SSSR count). The number of hydrogen-bond donors (Lipinski definition) is 0. The second-order valence-electron chi connectivity index (χ2n) is 2.36. The highest BCUT2D eigenvalue weighted by Crippen LogP contribution is 1.93. The molecule has 0 aromatic carbocycles. The first-order chi connectivity index (χ1) is 4.70. The van der Waals surface area contributed by atoms with Crippen molar-refractivity contribution in [2.45, 2.75) is 13.8 Å². The van der Waals surface area contributed by atoms with Gasteiger partial charge < -0.3 is 4.90 Å². The summed E-state index contributed by atoms with van der Waals surface area (Å²) in [6.45, 7) is 9.09. The Hall–Kier alpha value is 0.650. The lowest BCUT2D eigenvalue weighted by molar-refractivity contribution is 0.292. The third-order valence-electron chi connectivity index (χ3n) is 1.62. The van der Waals surface area contributed by atoms with Crippen LogP contribution in [0.1, 0.15) is 13.8 Å². The van der Waals surface area contributed by atoms with Gasteiger partial charge >= 0.3 is 0 Å². The minimum atomic E-state index is 1.16. The van der Waals surface area contributed by atoms with Crippen molar-refractivity contribution in [2.75, 3.05) is 33.2 Å². The summed E-state index contributed by atoms with van der Waals surface area (Å²) in [4.78, 5) is 2.43. The molecule has 0 aromatic rings. The predicted molar refractivity (Wildman–Crippen MR) is 54.4 cm³/mol. The summed E-state index contributed by atoms with van der Waals surface area (Å²) in [6, 6.07) is 0. The number of rotatable bonds is 5. The second-order valence-corrected chi connectivity index (χ2v) is 4.00. The van der Waals surface area contributed by atoms with Gasteiger partial charge in [0.15, 0.2) is 0 Å². The van der Waals surface area contributed by atoms with E-state index in [0.29, 0.717) is 0 Å². The molecule has 2 nitrogen and oxygen atoms in total. The molecule has 10 heavy (non-hydrogen) atoms. The molecule has 0 N–H and O–H groups in total. The molecule has 3 heteroatoms. The third kappa shape index (κ3) is 5.44. The number of hydrogen-bond acceptors (Lipinski definition) is 2. The van der Waals surface area contributed by atoms with Crippen LogP contribution >= 0.6 is 22.9 Å². The van der Waals surface area contributed by atoms with Crippen molar-refractivity contribution in [2.24, 2.45) is 0 Å². The van der Waals surface area contributed by atoms with Gasteiger partial charge in [-0.05, 0) is 20.1 Å². The molecular formula is C7H17IN2. The van der Waals surface area contributed by atoms with E-state index in [1.807, 2.05) is 0 Å². The lowest BCUT2D eigenvalue weighted by Crippen LogP contribution is -2.29. The quantitative estimate of drug-likeness (QED) is 0.544. The molecule has 0 radical (unpaired) electrons. The van der Waals surface area contributed by atoms with Gasteiger partial charge in [0.25, 0.3) is 0 Å². The highest BCUT2D eigenvalue weighted by atomic mass is 127. The Morgan fingerprint density at radius 2 is 1.60 bits per heavy atom. The summed E-state index contributed by atoms with van der Waals surface area (Å²) < 4.78 is 2.19. The Labute approximate surface area is 78.1 Å². The van der Waals surface area contributed by atoms with Crippen LogP contribution in [0.3, 0.4) is 0 Å². The average molecular weight is 256 g/mol. The molecule has 0 aliphatic carbocycles. The normalized spacial score (nSPS) is 11.4. The maximum absolute atomic E-state index is 2.43. The predicted octanol–water partition coefficient (Wildman–Crippen LogP) is 1.61. The summed E-state index contributed by atoms with van der Waals surface area (Å²) in [6.07, 6.45) is 0. The summed E-state index contributed by atoms with van der Waals surface area (Å²) >= 11 is 2.32. The van der Waals surface area contributed by atoms with Crippen LogP contribution in [0, 0.1) is 0 Å². The molecule has 0 amide bonds. The standard InChI is InChI=1S/C7H17IN2/c1-4-10(5-2)7-6-9(3)8/h4-7H2,1-3H3. The number of nitrogens with zero attached hydrogens (tertiary/aromatic N) is 2. The molecule has 0 heterocycles. The van der Waals surface area contributed by atoms with Gasteiger partial charge in [-0.25, -0.2) is 3.11 Å². The van der Waals surface area contributed by atoms with Crippen LogP contribution in [0.15, 0.2) is 0 Å². The molecule has 0 unspecified atom stereocenters. The molecule has 0 aliphatic heterocycles. The van der Waals surface area contributed by atoms with Gasteiger partial charge in [0.05, 0.1) is 0 Å². The summed E-state index contributed by atoms with van der Waals surface area (Å²) in [5.74, 6) is 0. The highest BCUT2D eigenvalue weighted by Gasteiger charge is 1.98. The van der Waals surface area contributed by atoms with Crippen LogP contribution < -0.4 is 0 Å². The van der Waals surface area contributed by atoms with Gasteiger partial charge in [0.1, 0.15) is 0 Å². The topological polar surface area (TPSA) is 6.48 Å². The van der Waals surface area contributed by atoms with Gasteiger partial charge in [-0.1, -0.05) is 13.8 Å². The van der Waals surface area contributed by atoms with Crippen LogP contribution in [0.2, 0.25) is 0 Å². The van der Waals surface area contributed by atoms with E-state index in [4.69, 9.17) is 0 Å². The van der Waals surface area contributed by atoms with Crippen LogP contribution in [-0.2, 0) is 0 Å². The molecule has 0 aliphatic rings. The zero-order chi connectivity index (χ0) is 7.98. The van der Waals surface area contributed by atoms with E-state index < -0.39 is 0 Å². The molecule has 0 saturated heterocycles. The van der Waals surface area contributed by atoms with Gasteiger partial charge in [0, 0.05) is 36.0 Å². The van der Waals surface area contributed by atoms with Crippen LogP contribution in [0.5, 0.6) is 0 Å². The van der Waals surface area contributed by atoms with Gasteiger partial charge in [-0.3, -0.25) is 0 Å². The summed E-state index contributed by atoms with van der Waals surface area (Å²) in [7, 11) is 2.10. The minimum Gasteiger partial charge on any atom is -0.303 e. The highest BCUT2D eigenvalue weighted by molar-refractivity contribution is 14.1. The van der Waals surface area contributed by atoms with Crippen molar-refractivity contribution in [1.82, 2.24) is 8.01 Å². The SMILES string of the molecule is CCN(CC)CCN(C)I. The maximum Gasteiger partial charge on any atom is 0.0206 e. The van der Waals surface area contributed by atoms with Crippen molar-refractivity contribution < 1.29 is 0 Å². The largest absolute Gasteiger partial charge is 0.303 e. The smallest absolute Gasteiger partial charge is 0.0206 e. The maximum atomic E-state index is 2.43. The van der Waals surface area contributed by atoms with Crippen LogP contribution in [0.4, 0.5) is 0 Å². The van der Waals surface area contributed by atoms with E-state index >= 15 is 0 Å². The van der Waals surface area contributed by atoms with Gasteiger partial charge in [0.2, 0.25) is 0 Å². The number of likely N-dealkylation sites (N-methyl/N-ethyl adjacent to an activating group) is 2. The van der Waals surface area contributed by atoms with Crippen molar-refractivity contribution >= 4 is 22.9 Å². The zero-order valence-corrected chi connectivity index (χ0v) is 9.26. The van der Waals surface area contributed by atoms with Crippen LogP contribution in [0.25, 0.3) is 0 Å². The molecule has 0 atom stereocenters. The second kappa shape index (κ2) is 6.37. The van der Waals surface area contributed by atoms with Crippen molar-refractivity contribution in [3.8, 4) is 0 Å². The minimum absolute atomic E-state index is 1.16. The first-order valence-corrected chi connectivity index (χ1v) is 4.76. The Kier molecular flexibility index (Phi) is 6.78. The molecule has 0 bridgehead atoms. The van der Waals surface area contributed by atoms with E-state index in [1.165, 1.54) is 19.6 Å². The Bertz CT molecular complexity index is 72.0. The Morgan fingerprint density at radius 3 is 1.90 bits per heavy atom. The monoisotopic (exact) mass is 256 g/mol. The average Bonchev–Trinajstić information content (AvgIpc) is 1.90. The van der Waals surface area contributed by atoms with E-state index in [1.54, 1.807) is 0 Å². The Balaban J connectivity index is 3.26. The fourth-order valence-electron chi connectivity index (χ4n) is 0.819. The fourth-order valence-corrected chi connectivity index (χ4v) is 1.03. The first kappa shape index (κ1) is 10.7. The zero-order valence-electron chi connectivity index (χ0n) is 7.10. The molecule has 0 saturated carbocycles. The molecule has 0 fully saturated rings. The van der Waals surface area contributed by atoms with E-state index in [0.717, 1.165) is 6.54 Å².